The number of rotatable bonds is 5. The summed E-state index contributed by atoms with van der Waals surface area (Å²) < 4.78 is 22.0. The summed E-state index contributed by atoms with van der Waals surface area (Å²) in [6, 6.07) is 1.56. The lowest BCUT2D eigenvalue weighted by Gasteiger charge is -2.31. The maximum atomic E-state index is 12.7. The van der Waals surface area contributed by atoms with Gasteiger partial charge in [0.2, 0.25) is 5.75 Å². The van der Waals surface area contributed by atoms with Crippen LogP contribution in [0.25, 0.3) is 0 Å². The fraction of sp³-hybridized carbons (Fsp3) is 0.588. The Kier molecular flexibility index (Phi) is 5.88. The first-order chi connectivity index (χ1) is 12.2. The van der Waals surface area contributed by atoms with E-state index in [-0.39, 0.29) is 17.9 Å². The van der Waals surface area contributed by atoms with Gasteiger partial charge in [0.05, 0.1) is 23.8 Å². The summed E-state index contributed by atoms with van der Waals surface area (Å²) in [5.74, 6) is 1.14. The molecule has 0 aliphatic carbocycles. The minimum absolute atomic E-state index is 0.0852. The first-order valence-electron chi connectivity index (χ1n) is 8.33. The predicted molar refractivity (Wildman–Crippen MR) is 93.1 cm³/mol. The van der Waals surface area contributed by atoms with Crippen LogP contribution in [-0.2, 0) is 4.74 Å². The van der Waals surface area contributed by atoms with Crippen molar-refractivity contribution in [3.05, 3.63) is 16.7 Å². The van der Waals surface area contributed by atoms with Gasteiger partial charge in [-0.25, -0.2) is 0 Å². The fourth-order valence-corrected chi connectivity index (χ4v) is 3.50. The number of piperidine rings is 1. The molecule has 1 amide bonds. The quantitative estimate of drug-likeness (QED) is 0.817. The summed E-state index contributed by atoms with van der Waals surface area (Å²) in [6.45, 7) is 2.99. The largest absolute Gasteiger partial charge is 0.491 e. The van der Waals surface area contributed by atoms with Gasteiger partial charge in [-0.15, -0.1) is 0 Å². The molecule has 138 valence electrons. The number of benzene rings is 1. The summed E-state index contributed by atoms with van der Waals surface area (Å²) >= 11 is 6.24. The molecule has 1 aromatic rings. The van der Waals surface area contributed by atoms with Gasteiger partial charge in [-0.3, -0.25) is 4.79 Å². The van der Waals surface area contributed by atoms with Gasteiger partial charge < -0.3 is 29.6 Å². The van der Waals surface area contributed by atoms with Crippen molar-refractivity contribution in [1.82, 2.24) is 10.6 Å². The molecule has 0 bridgehead atoms. The number of hydrogen-bond donors (Lipinski definition) is 2. The highest BCUT2D eigenvalue weighted by atomic mass is 35.5. The Morgan fingerprint density at radius 2 is 2.12 bits per heavy atom. The van der Waals surface area contributed by atoms with Crippen LogP contribution in [0.4, 0.5) is 0 Å². The van der Waals surface area contributed by atoms with E-state index in [4.69, 9.17) is 30.5 Å². The molecule has 2 atom stereocenters. The van der Waals surface area contributed by atoms with Gasteiger partial charge in [-0.2, -0.15) is 0 Å². The highest BCUT2D eigenvalue weighted by Gasteiger charge is 2.29. The summed E-state index contributed by atoms with van der Waals surface area (Å²) in [7, 11) is 3.19. The van der Waals surface area contributed by atoms with Crippen molar-refractivity contribution in [2.45, 2.75) is 12.5 Å². The van der Waals surface area contributed by atoms with E-state index in [2.05, 4.69) is 10.6 Å². The topological polar surface area (TPSA) is 78.1 Å². The van der Waals surface area contributed by atoms with Crippen molar-refractivity contribution in [3.8, 4) is 17.2 Å². The molecule has 7 nitrogen and oxygen atoms in total. The third kappa shape index (κ3) is 3.78. The summed E-state index contributed by atoms with van der Waals surface area (Å²) in [5.41, 5.74) is 0.350. The molecule has 0 spiro atoms. The Hall–Kier alpha value is -1.70. The molecule has 8 heteroatoms. The molecular weight excluding hydrogens is 348 g/mol. The highest BCUT2D eigenvalue weighted by Crippen LogP contribution is 2.46. The lowest BCUT2D eigenvalue weighted by molar-refractivity contribution is 0.0337. The van der Waals surface area contributed by atoms with Crippen molar-refractivity contribution in [2.75, 3.05) is 47.1 Å². The number of amides is 1. The summed E-state index contributed by atoms with van der Waals surface area (Å²) in [6.07, 6.45) is 1.03. The standard InChI is InChI=1S/C17H23ClN2O5/c1-22-13-9-19-4-3-10(13)8-20-17(21)11-7-12(18)15(23-2)16-14(11)24-5-6-25-16/h7,10,13,19H,3-6,8-9H2,1-2H3,(H,20,21)/t10-,13?/m0/s1. The molecule has 25 heavy (non-hydrogen) atoms. The molecule has 1 fully saturated rings. The van der Waals surface area contributed by atoms with E-state index in [0.717, 1.165) is 19.5 Å². The number of methoxy groups -OCH3 is 2. The van der Waals surface area contributed by atoms with Gasteiger partial charge >= 0.3 is 0 Å². The molecule has 0 saturated carbocycles. The molecule has 2 heterocycles. The summed E-state index contributed by atoms with van der Waals surface area (Å²) in [4.78, 5) is 12.7. The molecule has 0 aromatic heterocycles. The zero-order valence-corrected chi connectivity index (χ0v) is 15.1. The number of fused-ring (bicyclic) bond motifs is 1. The minimum atomic E-state index is -0.250. The van der Waals surface area contributed by atoms with E-state index in [1.54, 1.807) is 13.2 Å². The number of carbonyl (C=O) groups is 1. The second kappa shape index (κ2) is 8.12. The second-order valence-electron chi connectivity index (χ2n) is 6.03. The molecular formula is C17H23ClN2O5. The second-order valence-corrected chi connectivity index (χ2v) is 6.44. The van der Waals surface area contributed by atoms with Gasteiger partial charge in [-0.1, -0.05) is 11.6 Å². The number of ether oxygens (including phenoxy) is 4. The SMILES string of the molecule is COc1c(Cl)cc(C(=O)NC[C@@H]2CCNCC2OC)c2c1OCCO2. The van der Waals surface area contributed by atoms with Crippen LogP contribution >= 0.6 is 11.6 Å². The van der Waals surface area contributed by atoms with Crippen LogP contribution in [0.3, 0.4) is 0 Å². The van der Waals surface area contributed by atoms with Gasteiger partial charge in [0.15, 0.2) is 11.5 Å². The Labute approximate surface area is 151 Å². The fourth-order valence-electron chi connectivity index (χ4n) is 3.23. The van der Waals surface area contributed by atoms with Gasteiger partial charge in [0.1, 0.15) is 13.2 Å². The maximum absolute atomic E-state index is 12.7. The van der Waals surface area contributed by atoms with Crippen LogP contribution in [-0.4, -0.2) is 59.1 Å². The zero-order valence-electron chi connectivity index (χ0n) is 14.4. The van der Waals surface area contributed by atoms with Crippen LogP contribution in [0.15, 0.2) is 6.07 Å². The number of carbonyl (C=O) groups excluding carboxylic acids is 1. The van der Waals surface area contributed by atoms with E-state index in [9.17, 15) is 4.79 Å². The Balaban J connectivity index is 1.77. The van der Waals surface area contributed by atoms with Crippen molar-refractivity contribution in [3.63, 3.8) is 0 Å². The average molecular weight is 371 g/mol. The molecule has 2 N–H and O–H groups in total. The van der Waals surface area contributed by atoms with Gasteiger partial charge in [0, 0.05) is 26.1 Å². The third-order valence-corrected chi connectivity index (χ3v) is 4.84. The average Bonchev–Trinajstić information content (AvgIpc) is 2.65. The molecule has 1 aromatic carbocycles. The number of nitrogens with one attached hydrogen (secondary N) is 2. The molecule has 1 unspecified atom stereocenters. The number of halogens is 1. The molecule has 2 aliphatic heterocycles. The smallest absolute Gasteiger partial charge is 0.255 e. The van der Waals surface area contributed by atoms with Crippen molar-refractivity contribution in [1.29, 1.82) is 0 Å². The molecule has 0 radical (unpaired) electrons. The Morgan fingerprint density at radius 1 is 1.36 bits per heavy atom. The highest BCUT2D eigenvalue weighted by molar-refractivity contribution is 6.33. The first-order valence-corrected chi connectivity index (χ1v) is 8.71. The van der Waals surface area contributed by atoms with Crippen LogP contribution in [0.1, 0.15) is 16.8 Å². The van der Waals surface area contributed by atoms with Crippen LogP contribution < -0.4 is 24.8 Å². The predicted octanol–water partition coefficient (Wildman–Crippen LogP) is 1.47. The third-order valence-electron chi connectivity index (χ3n) is 4.56. The minimum Gasteiger partial charge on any atom is -0.491 e. The van der Waals surface area contributed by atoms with Gasteiger partial charge in [-0.05, 0) is 19.0 Å². The lowest BCUT2D eigenvalue weighted by atomic mass is 9.94. The van der Waals surface area contributed by atoms with E-state index in [1.165, 1.54) is 7.11 Å². The molecule has 1 saturated heterocycles. The Bertz CT molecular complexity index is 640. The van der Waals surface area contributed by atoms with Crippen LogP contribution in [0, 0.1) is 5.92 Å². The molecule has 2 aliphatic rings. The normalized spacial score (nSPS) is 22.4. The van der Waals surface area contributed by atoms with E-state index >= 15 is 0 Å². The number of hydrogen-bond acceptors (Lipinski definition) is 6. The lowest BCUT2D eigenvalue weighted by Crippen LogP contribution is -2.46. The van der Waals surface area contributed by atoms with Crippen molar-refractivity contribution < 1.29 is 23.7 Å². The Morgan fingerprint density at radius 3 is 2.84 bits per heavy atom. The van der Waals surface area contributed by atoms with Crippen molar-refractivity contribution in [2.24, 2.45) is 5.92 Å². The van der Waals surface area contributed by atoms with E-state index < -0.39 is 0 Å². The van der Waals surface area contributed by atoms with E-state index in [1.807, 2.05) is 0 Å². The van der Waals surface area contributed by atoms with Gasteiger partial charge in [0.25, 0.3) is 5.91 Å². The maximum Gasteiger partial charge on any atom is 0.255 e. The molecule has 3 rings (SSSR count). The zero-order chi connectivity index (χ0) is 17.8. The van der Waals surface area contributed by atoms with Crippen LogP contribution in [0.5, 0.6) is 17.2 Å². The van der Waals surface area contributed by atoms with Crippen molar-refractivity contribution >= 4 is 17.5 Å². The first kappa shape index (κ1) is 18.1. The monoisotopic (exact) mass is 370 g/mol. The summed E-state index contributed by atoms with van der Waals surface area (Å²) in [5, 5.41) is 6.57. The van der Waals surface area contributed by atoms with Crippen LogP contribution in [0.2, 0.25) is 5.02 Å². The van der Waals surface area contributed by atoms with E-state index in [0.29, 0.717) is 47.6 Å².